The van der Waals surface area contributed by atoms with Crippen LogP contribution in [-0.4, -0.2) is 63.3 Å². The number of carbonyl (C=O) groups is 2. The third kappa shape index (κ3) is 2.83. The molecular formula is C13H22N2O4. The first-order valence-electron chi connectivity index (χ1n) is 6.88. The molecule has 0 aromatic rings. The van der Waals surface area contributed by atoms with Crippen molar-refractivity contribution in [1.82, 2.24) is 9.80 Å². The van der Waals surface area contributed by atoms with E-state index < -0.39 is 18.1 Å². The molecule has 0 bridgehead atoms. The largest absolute Gasteiger partial charge is 0.480 e. The third-order valence-corrected chi connectivity index (χ3v) is 4.17. The van der Waals surface area contributed by atoms with Gasteiger partial charge in [-0.15, -0.1) is 0 Å². The molecular weight excluding hydrogens is 248 g/mol. The second kappa shape index (κ2) is 5.36. The van der Waals surface area contributed by atoms with Crippen LogP contribution in [-0.2, 0) is 4.79 Å². The smallest absolute Gasteiger partial charge is 0.326 e. The van der Waals surface area contributed by atoms with Gasteiger partial charge in [0.05, 0.1) is 6.10 Å². The van der Waals surface area contributed by atoms with Crippen LogP contribution >= 0.6 is 0 Å². The highest BCUT2D eigenvalue weighted by Crippen LogP contribution is 2.26. The minimum Gasteiger partial charge on any atom is -0.480 e. The van der Waals surface area contributed by atoms with Crippen molar-refractivity contribution < 1.29 is 19.8 Å². The van der Waals surface area contributed by atoms with Crippen LogP contribution in [0.15, 0.2) is 0 Å². The zero-order valence-electron chi connectivity index (χ0n) is 11.5. The monoisotopic (exact) mass is 270 g/mol. The molecule has 0 aromatic heterocycles. The first kappa shape index (κ1) is 14.1. The van der Waals surface area contributed by atoms with Crippen molar-refractivity contribution in [3.8, 4) is 0 Å². The molecule has 2 aliphatic rings. The Bertz CT molecular complexity index is 374. The lowest BCUT2D eigenvalue weighted by Gasteiger charge is -2.39. The van der Waals surface area contributed by atoms with Crippen molar-refractivity contribution in [2.45, 2.75) is 51.3 Å². The van der Waals surface area contributed by atoms with Gasteiger partial charge < -0.3 is 20.0 Å². The number of β-amino-alcohol motifs (C(OH)–C–C–N with tert-alkyl or cyclic N) is 1. The number of carboxylic acids is 1. The number of carboxylic acid groups (broad SMARTS) is 1. The van der Waals surface area contributed by atoms with Crippen LogP contribution in [0.25, 0.3) is 0 Å². The molecule has 2 fully saturated rings. The Balaban J connectivity index is 2.11. The number of piperidine rings is 1. The van der Waals surface area contributed by atoms with Crippen LogP contribution in [0.3, 0.4) is 0 Å². The predicted molar refractivity (Wildman–Crippen MR) is 68.7 cm³/mol. The van der Waals surface area contributed by atoms with Crippen molar-refractivity contribution in [1.29, 1.82) is 0 Å². The van der Waals surface area contributed by atoms with E-state index >= 15 is 0 Å². The molecule has 0 saturated carbocycles. The fraction of sp³-hybridized carbons (Fsp3) is 0.846. The number of amides is 2. The maximum Gasteiger partial charge on any atom is 0.326 e. The summed E-state index contributed by atoms with van der Waals surface area (Å²) in [6.45, 7) is 4.87. The SMILES string of the molecule is CC1CCC(C)N(C(=O)N2C[C@H](O)C[C@@H]2C(=O)O)C1. The van der Waals surface area contributed by atoms with Crippen LogP contribution in [0.2, 0.25) is 0 Å². The minimum atomic E-state index is -1.04. The van der Waals surface area contributed by atoms with E-state index in [0.29, 0.717) is 12.5 Å². The molecule has 0 aliphatic carbocycles. The zero-order valence-corrected chi connectivity index (χ0v) is 11.5. The summed E-state index contributed by atoms with van der Waals surface area (Å²) in [7, 11) is 0. The van der Waals surface area contributed by atoms with E-state index in [1.807, 2.05) is 6.92 Å². The second-order valence-electron chi connectivity index (χ2n) is 5.86. The van der Waals surface area contributed by atoms with Crippen LogP contribution in [0, 0.1) is 5.92 Å². The topological polar surface area (TPSA) is 81.1 Å². The highest BCUT2D eigenvalue weighted by molar-refractivity contribution is 5.83. The Morgan fingerprint density at radius 1 is 1.11 bits per heavy atom. The number of nitrogens with zero attached hydrogens (tertiary/aromatic N) is 2. The van der Waals surface area contributed by atoms with E-state index in [0.717, 1.165) is 12.8 Å². The standard InChI is InChI=1S/C13H22N2O4/c1-8-3-4-9(2)14(6-8)13(19)15-7-10(16)5-11(15)12(17)18/h8-11,16H,3-7H2,1-2H3,(H,17,18)/t8?,9?,10-,11-/m1/s1. The highest BCUT2D eigenvalue weighted by atomic mass is 16.4. The van der Waals surface area contributed by atoms with Crippen LogP contribution in [0.1, 0.15) is 33.1 Å². The summed E-state index contributed by atoms with van der Waals surface area (Å²) >= 11 is 0. The van der Waals surface area contributed by atoms with Gasteiger partial charge in [0, 0.05) is 25.6 Å². The van der Waals surface area contributed by atoms with Gasteiger partial charge >= 0.3 is 12.0 Å². The summed E-state index contributed by atoms with van der Waals surface area (Å²) < 4.78 is 0. The van der Waals surface area contributed by atoms with E-state index in [1.165, 1.54) is 4.90 Å². The molecule has 0 aromatic carbocycles. The average Bonchev–Trinajstić information content (AvgIpc) is 2.74. The van der Waals surface area contributed by atoms with Gasteiger partial charge in [-0.25, -0.2) is 9.59 Å². The number of rotatable bonds is 1. The fourth-order valence-electron chi connectivity index (χ4n) is 2.98. The summed E-state index contributed by atoms with van der Waals surface area (Å²) in [6.07, 6.45) is 1.43. The lowest BCUT2D eigenvalue weighted by atomic mass is 9.95. The van der Waals surface area contributed by atoms with E-state index in [1.54, 1.807) is 4.90 Å². The molecule has 2 amide bonds. The zero-order chi connectivity index (χ0) is 14.2. The van der Waals surface area contributed by atoms with Gasteiger partial charge in [0.2, 0.25) is 0 Å². The molecule has 0 radical (unpaired) electrons. The van der Waals surface area contributed by atoms with Crippen LogP contribution in [0.4, 0.5) is 4.79 Å². The number of urea groups is 1. The lowest BCUT2D eigenvalue weighted by Crippen LogP contribution is -2.53. The van der Waals surface area contributed by atoms with Crippen LogP contribution < -0.4 is 0 Å². The highest BCUT2D eigenvalue weighted by Gasteiger charge is 2.42. The molecule has 2 rings (SSSR count). The predicted octanol–water partition coefficient (Wildman–Crippen LogP) is 0.747. The van der Waals surface area contributed by atoms with Crippen molar-refractivity contribution in [3.63, 3.8) is 0 Å². The maximum atomic E-state index is 12.5. The number of aliphatic hydroxyl groups is 1. The molecule has 2 heterocycles. The summed E-state index contributed by atoms with van der Waals surface area (Å²) in [5, 5.41) is 18.8. The summed E-state index contributed by atoms with van der Waals surface area (Å²) in [5.74, 6) is -0.599. The molecule has 19 heavy (non-hydrogen) atoms. The number of likely N-dealkylation sites (tertiary alicyclic amines) is 2. The molecule has 2 saturated heterocycles. The Morgan fingerprint density at radius 2 is 1.79 bits per heavy atom. The van der Waals surface area contributed by atoms with Crippen LogP contribution in [0.5, 0.6) is 0 Å². The number of aliphatic carboxylic acids is 1. The summed E-state index contributed by atoms with van der Waals surface area (Å²) in [4.78, 5) is 26.7. The van der Waals surface area contributed by atoms with Gasteiger partial charge in [-0.2, -0.15) is 0 Å². The van der Waals surface area contributed by atoms with E-state index in [2.05, 4.69) is 6.92 Å². The third-order valence-electron chi connectivity index (χ3n) is 4.17. The van der Waals surface area contributed by atoms with E-state index in [4.69, 9.17) is 5.11 Å². The first-order chi connectivity index (χ1) is 8.90. The number of aliphatic hydroxyl groups excluding tert-OH is 1. The minimum absolute atomic E-state index is 0.118. The molecule has 6 heteroatoms. The number of hydrogen-bond acceptors (Lipinski definition) is 3. The van der Waals surface area contributed by atoms with Crippen molar-refractivity contribution in [2.75, 3.05) is 13.1 Å². The number of hydrogen-bond donors (Lipinski definition) is 2. The average molecular weight is 270 g/mol. The van der Waals surface area contributed by atoms with Gasteiger partial charge in [0.1, 0.15) is 6.04 Å². The Hall–Kier alpha value is -1.30. The van der Waals surface area contributed by atoms with Gasteiger partial charge in [-0.05, 0) is 25.7 Å². The molecule has 4 atom stereocenters. The van der Waals surface area contributed by atoms with Gasteiger partial charge in [-0.3, -0.25) is 0 Å². The molecule has 2 aliphatic heterocycles. The Labute approximate surface area is 113 Å². The molecule has 108 valence electrons. The first-order valence-corrected chi connectivity index (χ1v) is 6.88. The van der Waals surface area contributed by atoms with Gasteiger partial charge in [0.25, 0.3) is 0 Å². The van der Waals surface area contributed by atoms with Crippen molar-refractivity contribution in [3.05, 3.63) is 0 Å². The summed E-state index contributed by atoms with van der Waals surface area (Å²) in [6, 6.07) is -1.01. The van der Waals surface area contributed by atoms with Gasteiger partial charge in [0.15, 0.2) is 0 Å². The molecule has 0 spiro atoms. The molecule has 2 N–H and O–H groups in total. The van der Waals surface area contributed by atoms with E-state index in [-0.39, 0.29) is 25.0 Å². The second-order valence-corrected chi connectivity index (χ2v) is 5.86. The van der Waals surface area contributed by atoms with Gasteiger partial charge in [-0.1, -0.05) is 6.92 Å². The normalized spacial score (nSPS) is 35.5. The lowest BCUT2D eigenvalue weighted by molar-refractivity contribution is -0.141. The Kier molecular flexibility index (Phi) is 3.99. The maximum absolute atomic E-state index is 12.5. The number of carbonyl (C=O) groups excluding carboxylic acids is 1. The van der Waals surface area contributed by atoms with Crippen molar-refractivity contribution in [2.24, 2.45) is 5.92 Å². The van der Waals surface area contributed by atoms with E-state index in [9.17, 15) is 14.7 Å². The Morgan fingerprint density at radius 3 is 2.42 bits per heavy atom. The quantitative estimate of drug-likeness (QED) is 0.736. The molecule has 2 unspecified atom stereocenters. The van der Waals surface area contributed by atoms with Crippen molar-refractivity contribution >= 4 is 12.0 Å². The summed E-state index contributed by atoms with van der Waals surface area (Å²) in [5.41, 5.74) is 0. The molecule has 6 nitrogen and oxygen atoms in total. The fourth-order valence-corrected chi connectivity index (χ4v) is 2.98.